The van der Waals surface area contributed by atoms with Crippen molar-refractivity contribution in [3.8, 4) is 5.75 Å². The van der Waals surface area contributed by atoms with E-state index in [0.29, 0.717) is 18.5 Å². The second-order valence-corrected chi connectivity index (χ2v) is 8.56. The highest BCUT2D eigenvalue weighted by Gasteiger charge is 2.47. The van der Waals surface area contributed by atoms with Crippen molar-refractivity contribution in [1.29, 1.82) is 0 Å². The minimum absolute atomic E-state index is 0.0123. The van der Waals surface area contributed by atoms with Crippen LogP contribution in [0.15, 0.2) is 48.5 Å². The molecule has 1 N–H and O–H groups in total. The van der Waals surface area contributed by atoms with Gasteiger partial charge in [-0.2, -0.15) is 26.3 Å². The molecule has 180 valence electrons. The summed E-state index contributed by atoms with van der Waals surface area (Å²) in [6.07, 6.45) is -9.25. The van der Waals surface area contributed by atoms with Gasteiger partial charge in [0.15, 0.2) is 0 Å². The van der Waals surface area contributed by atoms with E-state index in [4.69, 9.17) is 4.74 Å². The van der Waals surface area contributed by atoms with Gasteiger partial charge in [0.2, 0.25) is 0 Å². The number of piperidine rings is 1. The Morgan fingerprint density at radius 2 is 1.68 bits per heavy atom. The van der Waals surface area contributed by atoms with Crippen molar-refractivity contribution in [2.24, 2.45) is 0 Å². The summed E-state index contributed by atoms with van der Waals surface area (Å²) >= 11 is 0. The van der Waals surface area contributed by atoms with Gasteiger partial charge < -0.3 is 9.84 Å². The number of halogens is 6. The first-order valence-electron chi connectivity index (χ1n) is 10.8. The van der Waals surface area contributed by atoms with Gasteiger partial charge in [0.1, 0.15) is 23.8 Å². The Balaban J connectivity index is 1.71. The normalized spacial score (nSPS) is 23.9. The third kappa shape index (κ3) is 3.88. The first-order chi connectivity index (χ1) is 16.1. The van der Waals surface area contributed by atoms with Crippen molar-refractivity contribution in [2.75, 3.05) is 6.54 Å². The number of phenols is 1. The number of ether oxygens (including phenoxy) is 1. The van der Waals surface area contributed by atoms with E-state index in [0.717, 1.165) is 31.0 Å². The molecule has 1 unspecified atom stereocenters. The maximum absolute atomic E-state index is 13.7. The zero-order valence-corrected chi connectivity index (χ0v) is 17.7. The molecule has 10 heteroatoms. The molecule has 3 heterocycles. The fourth-order valence-corrected chi connectivity index (χ4v) is 5.02. The Morgan fingerprint density at radius 3 is 2.38 bits per heavy atom. The Labute approximate surface area is 190 Å². The smallest absolute Gasteiger partial charge is 0.433 e. The summed E-state index contributed by atoms with van der Waals surface area (Å²) in [5, 5.41) is 10.3. The number of rotatable bonds is 2. The van der Waals surface area contributed by atoms with Crippen LogP contribution in [0.1, 0.15) is 54.0 Å². The number of hydrogen-bond donors (Lipinski definition) is 1. The summed E-state index contributed by atoms with van der Waals surface area (Å²) in [4.78, 5) is 5.35. The number of pyridine rings is 1. The number of nitrogens with zero attached hydrogens (tertiary/aromatic N) is 2. The van der Waals surface area contributed by atoms with Gasteiger partial charge >= 0.3 is 12.4 Å². The first-order valence-corrected chi connectivity index (χ1v) is 10.8. The van der Waals surface area contributed by atoms with Crippen LogP contribution in [-0.2, 0) is 17.1 Å². The van der Waals surface area contributed by atoms with E-state index in [1.165, 1.54) is 12.1 Å². The molecule has 2 fully saturated rings. The lowest BCUT2D eigenvalue weighted by Crippen LogP contribution is -2.38. The largest absolute Gasteiger partial charge is 0.508 e. The maximum Gasteiger partial charge on any atom is 0.433 e. The van der Waals surface area contributed by atoms with Crippen molar-refractivity contribution >= 4 is 10.9 Å². The van der Waals surface area contributed by atoms with Gasteiger partial charge in [-0.1, -0.05) is 36.8 Å². The minimum atomic E-state index is -4.94. The number of aromatic nitrogens is 1. The van der Waals surface area contributed by atoms with Crippen molar-refractivity contribution in [2.45, 2.75) is 50.0 Å². The fourth-order valence-electron chi connectivity index (χ4n) is 5.02. The molecule has 4 nitrogen and oxygen atoms in total. The molecule has 34 heavy (non-hydrogen) atoms. The SMILES string of the molecule is Oc1ccccc1C1O[C@@H](c2cc(C(F)(F)F)nc3c(C(F)(F)F)cccc23)[C@H]2CCCCN12. The lowest BCUT2D eigenvalue weighted by atomic mass is 9.91. The number of phenolic OH excluding ortho intramolecular Hbond substituents is 1. The highest BCUT2D eigenvalue weighted by atomic mass is 19.4. The molecule has 3 aromatic rings. The molecule has 0 saturated carbocycles. The average Bonchev–Trinajstić information content (AvgIpc) is 3.16. The summed E-state index contributed by atoms with van der Waals surface area (Å²) in [6.45, 7) is 0.586. The highest BCUT2D eigenvalue weighted by molar-refractivity contribution is 5.86. The molecule has 0 bridgehead atoms. The zero-order chi connectivity index (χ0) is 24.3. The Hall–Kier alpha value is -2.85. The summed E-state index contributed by atoms with van der Waals surface area (Å²) in [6, 6.07) is 10.2. The van der Waals surface area contributed by atoms with Crippen LogP contribution in [0.25, 0.3) is 10.9 Å². The van der Waals surface area contributed by atoms with Gasteiger partial charge in [0, 0.05) is 23.5 Å². The van der Waals surface area contributed by atoms with Gasteiger partial charge in [0.25, 0.3) is 0 Å². The third-order valence-electron chi connectivity index (χ3n) is 6.50. The number of alkyl halides is 6. The maximum atomic E-state index is 13.7. The van der Waals surface area contributed by atoms with Crippen molar-refractivity contribution in [3.05, 3.63) is 70.9 Å². The number of aromatic hydroxyl groups is 1. The molecule has 0 radical (unpaired) electrons. The number of benzene rings is 2. The third-order valence-corrected chi connectivity index (χ3v) is 6.50. The van der Waals surface area contributed by atoms with Crippen molar-refractivity contribution in [1.82, 2.24) is 9.88 Å². The molecule has 5 rings (SSSR count). The van der Waals surface area contributed by atoms with Crippen LogP contribution >= 0.6 is 0 Å². The standard InChI is InChI=1S/C24H20F6N2O2/c25-23(26,27)16-8-5-7-13-15(12-19(24(28,29)30)31-20(13)16)21-17-9-3-4-11-32(17)22(34-21)14-6-1-2-10-18(14)33/h1-2,5-8,10,12,17,21-22,33H,3-4,9,11H2/t17-,21+,22?/m1/s1. The average molecular weight is 482 g/mol. The van der Waals surface area contributed by atoms with E-state index < -0.39 is 41.5 Å². The lowest BCUT2D eigenvalue weighted by Gasteiger charge is -2.33. The zero-order valence-electron chi connectivity index (χ0n) is 17.7. The second kappa shape index (κ2) is 8.13. The molecule has 2 aliphatic rings. The first kappa shape index (κ1) is 22.9. The van der Waals surface area contributed by atoms with Gasteiger partial charge in [0.05, 0.1) is 11.1 Å². The predicted molar refractivity (Wildman–Crippen MR) is 111 cm³/mol. The molecular weight excluding hydrogens is 462 g/mol. The van der Waals surface area contributed by atoms with E-state index in [2.05, 4.69) is 4.98 Å². The van der Waals surface area contributed by atoms with Crippen LogP contribution in [0.3, 0.4) is 0 Å². The summed E-state index contributed by atoms with van der Waals surface area (Å²) in [5.74, 6) is -0.0209. The summed E-state index contributed by atoms with van der Waals surface area (Å²) in [5.41, 5.74) is -2.91. The second-order valence-electron chi connectivity index (χ2n) is 8.56. The highest BCUT2D eigenvalue weighted by Crippen LogP contribution is 2.50. The molecule has 3 atom stereocenters. The monoisotopic (exact) mass is 482 g/mol. The summed E-state index contributed by atoms with van der Waals surface area (Å²) < 4.78 is 88.4. The van der Waals surface area contributed by atoms with Gasteiger partial charge in [-0.3, -0.25) is 4.90 Å². The van der Waals surface area contributed by atoms with E-state index in [1.807, 2.05) is 4.90 Å². The van der Waals surface area contributed by atoms with E-state index in [-0.39, 0.29) is 22.7 Å². The lowest BCUT2D eigenvalue weighted by molar-refractivity contribution is -0.142. The Morgan fingerprint density at radius 1 is 0.912 bits per heavy atom. The molecule has 0 spiro atoms. The topological polar surface area (TPSA) is 45.6 Å². The van der Waals surface area contributed by atoms with Crippen LogP contribution in [-0.4, -0.2) is 27.6 Å². The molecule has 2 aromatic carbocycles. The minimum Gasteiger partial charge on any atom is -0.508 e. The predicted octanol–water partition coefficient (Wildman–Crippen LogP) is 6.60. The van der Waals surface area contributed by atoms with Crippen LogP contribution in [0, 0.1) is 0 Å². The Kier molecular flexibility index (Phi) is 5.48. The van der Waals surface area contributed by atoms with Gasteiger partial charge in [-0.05, 0) is 36.6 Å². The quantitative estimate of drug-likeness (QED) is 0.418. The fraction of sp³-hybridized carbons (Fsp3) is 0.375. The van der Waals surface area contributed by atoms with Crippen LogP contribution < -0.4 is 0 Å². The molecular formula is C24H20F6N2O2. The molecule has 2 saturated heterocycles. The van der Waals surface area contributed by atoms with Crippen LogP contribution in [0.5, 0.6) is 5.75 Å². The number of fused-ring (bicyclic) bond motifs is 2. The number of hydrogen-bond acceptors (Lipinski definition) is 4. The Bertz CT molecular complexity index is 1230. The van der Waals surface area contributed by atoms with Crippen molar-refractivity contribution in [3.63, 3.8) is 0 Å². The van der Waals surface area contributed by atoms with Gasteiger partial charge in [-0.25, -0.2) is 4.98 Å². The molecule has 0 aliphatic carbocycles. The number of para-hydroxylation sites is 2. The molecule has 2 aliphatic heterocycles. The molecule has 1 aromatic heterocycles. The van der Waals surface area contributed by atoms with E-state index >= 15 is 0 Å². The molecule has 0 amide bonds. The van der Waals surface area contributed by atoms with E-state index in [9.17, 15) is 31.4 Å². The van der Waals surface area contributed by atoms with Crippen molar-refractivity contribution < 1.29 is 36.2 Å². The summed E-state index contributed by atoms with van der Waals surface area (Å²) in [7, 11) is 0. The van der Waals surface area contributed by atoms with Gasteiger partial charge in [-0.15, -0.1) is 0 Å². The van der Waals surface area contributed by atoms with Crippen LogP contribution in [0.4, 0.5) is 26.3 Å². The van der Waals surface area contributed by atoms with Crippen LogP contribution in [0.2, 0.25) is 0 Å². The van der Waals surface area contributed by atoms with E-state index in [1.54, 1.807) is 18.2 Å².